The maximum Gasteiger partial charge on any atom is 0.277 e. The van der Waals surface area contributed by atoms with Crippen molar-refractivity contribution in [1.29, 1.82) is 0 Å². The molecule has 4 aromatic rings. The summed E-state index contributed by atoms with van der Waals surface area (Å²) in [6, 6.07) is 9.07. The third-order valence-corrected chi connectivity index (χ3v) is 13.0. The van der Waals surface area contributed by atoms with Gasteiger partial charge in [-0.15, -0.1) is 11.3 Å². The number of aromatic nitrogens is 1. The summed E-state index contributed by atoms with van der Waals surface area (Å²) in [5.41, 5.74) is 2.18. The molecule has 69 heavy (non-hydrogen) atoms. The van der Waals surface area contributed by atoms with E-state index in [1.807, 2.05) is 35.6 Å². The van der Waals surface area contributed by atoms with Gasteiger partial charge in [-0.2, -0.15) is 0 Å². The summed E-state index contributed by atoms with van der Waals surface area (Å²) < 4.78 is 64.4. The standard InChI is InChI=1S/C47H55F4IN8O8S/c1-26-40(69-25-56-26)27-7-8-28(22-55-43(64)35-21-30(61)23-60(35)44(65)41(46(2,3)4)58-45(66)47(51)13-14-47)36(19-27)67-24-37(62)54-17-5-15-53-16-6-18-68-59-42(63)31-10-11-32(48)38(50)39(31)57-34-12-9-29(52)20-33(34)49/h7-12,19-20,25,30,35,41,53,57,61H,5-6,13-18,21-24H2,1-4H3,(H,54,62)(H,55,64)(H,58,66)(H,59,63)/t30-,35-,41-/m1/s1. The molecule has 2 aliphatic rings. The minimum Gasteiger partial charge on any atom is -0.483 e. The van der Waals surface area contributed by atoms with E-state index in [-0.39, 0.29) is 56.8 Å². The molecule has 372 valence electrons. The van der Waals surface area contributed by atoms with Crippen molar-refractivity contribution < 1.29 is 56.2 Å². The number of aryl methyl sites for hydroxylation is 1. The molecule has 0 spiro atoms. The number of hydrogen-bond donors (Lipinski definition) is 7. The second-order valence-electron chi connectivity index (χ2n) is 17.8. The van der Waals surface area contributed by atoms with E-state index in [4.69, 9.17) is 9.57 Å². The van der Waals surface area contributed by atoms with E-state index in [1.54, 1.807) is 44.5 Å². The highest BCUT2D eigenvalue weighted by atomic mass is 127. The van der Waals surface area contributed by atoms with Gasteiger partial charge in [-0.25, -0.2) is 28.0 Å². The second-order valence-corrected chi connectivity index (χ2v) is 19.9. The Labute approximate surface area is 414 Å². The average molecular weight is 1090 g/mol. The van der Waals surface area contributed by atoms with Crippen molar-refractivity contribution in [2.24, 2.45) is 5.41 Å². The second kappa shape index (κ2) is 23.5. The van der Waals surface area contributed by atoms with Crippen LogP contribution in [0.1, 0.15) is 74.5 Å². The maximum atomic E-state index is 14.7. The van der Waals surface area contributed by atoms with Gasteiger partial charge in [-0.3, -0.25) is 28.8 Å². The Kier molecular flexibility index (Phi) is 18.0. The number of thiazole rings is 1. The highest BCUT2D eigenvalue weighted by Crippen LogP contribution is 2.41. The van der Waals surface area contributed by atoms with E-state index in [1.165, 1.54) is 28.4 Å². The van der Waals surface area contributed by atoms with Crippen LogP contribution in [0.4, 0.5) is 28.9 Å². The number of nitrogens with zero attached hydrogens (tertiary/aromatic N) is 2. The summed E-state index contributed by atoms with van der Waals surface area (Å²) in [5.74, 6) is -6.27. The molecule has 22 heteroatoms. The molecule has 3 aromatic carbocycles. The Morgan fingerprint density at radius 2 is 1.74 bits per heavy atom. The molecule has 2 fully saturated rings. The fourth-order valence-corrected chi connectivity index (χ4v) is 8.62. The summed E-state index contributed by atoms with van der Waals surface area (Å²) >= 11 is 3.33. The van der Waals surface area contributed by atoms with Gasteiger partial charge in [0.15, 0.2) is 23.9 Å². The molecule has 16 nitrogen and oxygen atoms in total. The summed E-state index contributed by atoms with van der Waals surface area (Å²) in [7, 11) is 0. The molecular weight excluding hydrogens is 1040 g/mol. The van der Waals surface area contributed by atoms with E-state index in [0.717, 1.165) is 28.3 Å². The Hall–Kier alpha value is -5.43. The van der Waals surface area contributed by atoms with Crippen LogP contribution in [-0.4, -0.2) is 108 Å². The molecule has 0 radical (unpaired) electrons. The first-order chi connectivity index (χ1) is 32.7. The molecule has 2 heterocycles. The largest absolute Gasteiger partial charge is 0.483 e. The minimum absolute atomic E-state index is 0.0451. The predicted molar refractivity (Wildman–Crippen MR) is 258 cm³/mol. The van der Waals surface area contributed by atoms with Crippen LogP contribution in [0.25, 0.3) is 10.4 Å². The number of carbonyl (C=O) groups is 5. The zero-order valence-corrected chi connectivity index (χ0v) is 41.4. The van der Waals surface area contributed by atoms with Crippen LogP contribution < -0.4 is 36.8 Å². The van der Waals surface area contributed by atoms with Crippen molar-refractivity contribution in [3.8, 4) is 16.2 Å². The number of carbonyl (C=O) groups excluding carboxylic acids is 5. The molecule has 7 N–H and O–H groups in total. The Balaban J connectivity index is 0.940. The van der Waals surface area contributed by atoms with E-state index in [9.17, 15) is 46.6 Å². The number of halogens is 5. The van der Waals surface area contributed by atoms with Crippen LogP contribution in [0.5, 0.6) is 5.75 Å². The number of hydrogen-bond acceptors (Lipinski definition) is 12. The Morgan fingerprint density at radius 1 is 0.986 bits per heavy atom. The third kappa shape index (κ3) is 14.1. The summed E-state index contributed by atoms with van der Waals surface area (Å²) in [6.45, 7) is 7.89. The number of amides is 5. The predicted octanol–water partition coefficient (Wildman–Crippen LogP) is 5.72. The summed E-state index contributed by atoms with van der Waals surface area (Å²) in [6.07, 6.45) is 0.110. The van der Waals surface area contributed by atoms with E-state index < -0.39 is 81.9 Å². The smallest absolute Gasteiger partial charge is 0.277 e. The zero-order valence-electron chi connectivity index (χ0n) is 38.4. The molecule has 3 atom stereocenters. The van der Waals surface area contributed by atoms with Gasteiger partial charge in [0.25, 0.3) is 17.7 Å². The van der Waals surface area contributed by atoms with E-state index in [2.05, 4.69) is 37.0 Å². The number of rotatable bonds is 22. The van der Waals surface area contributed by atoms with Crippen LogP contribution in [0.15, 0.2) is 54.0 Å². The monoisotopic (exact) mass is 1090 g/mol. The summed E-state index contributed by atoms with van der Waals surface area (Å²) in [5, 5.41) is 24.4. The van der Waals surface area contributed by atoms with Gasteiger partial charge < -0.3 is 41.3 Å². The van der Waals surface area contributed by atoms with Crippen LogP contribution >= 0.6 is 33.9 Å². The molecule has 1 aromatic heterocycles. The minimum atomic E-state index is -2.01. The average Bonchev–Trinajstić information content (AvgIpc) is 3.71. The number of hydroxylamine groups is 1. The van der Waals surface area contributed by atoms with Crippen LogP contribution in [0, 0.1) is 33.4 Å². The number of aliphatic hydroxyl groups is 1. The van der Waals surface area contributed by atoms with Crippen molar-refractivity contribution in [2.75, 3.05) is 44.7 Å². The number of likely N-dealkylation sites (tertiary alicyclic amines) is 1. The third-order valence-electron chi connectivity index (χ3n) is 11.4. The number of β-amino-alcohol motifs (C(OH)–C–C–N with tert-alkyl or cyclic N) is 1. The highest BCUT2D eigenvalue weighted by Gasteiger charge is 2.53. The first-order valence-electron chi connectivity index (χ1n) is 22.3. The van der Waals surface area contributed by atoms with Gasteiger partial charge in [0, 0.05) is 35.2 Å². The lowest BCUT2D eigenvalue weighted by atomic mass is 9.85. The van der Waals surface area contributed by atoms with Gasteiger partial charge >= 0.3 is 0 Å². The number of aliphatic hydroxyl groups excluding tert-OH is 1. The van der Waals surface area contributed by atoms with E-state index >= 15 is 0 Å². The molecule has 5 amide bonds. The molecule has 6 rings (SSSR count). The number of anilines is 2. The highest BCUT2D eigenvalue weighted by molar-refractivity contribution is 14.1. The number of benzene rings is 3. The lowest BCUT2D eigenvalue weighted by Gasteiger charge is -2.35. The van der Waals surface area contributed by atoms with Gasteiger partial charge in [0.05, 0.1) is 45.7 Å². The quantitative estimate of drug-likeness (QED) is 0.0219. The first-order valence-corrected chi connectivity index (χ1v) is 24.2. The maximum absolute atomic E-state index is 14.7. The van der Waals surface area contributed by atoms with Crippen molar-refractivity contribution in [3.63, 3.8) is 0 Å². The molecular formula is C47H55F4IN8O8S. The first kappa shape index (κ1) is 52.9. The van der Waals surface area contributed by atoms with E-state index in [0.29, 0.717) is 47.4 Å². The Bertz CT molecular complexity index is 2530. The lowest BCUT2D eigenvalue weighted by Crippen LogP contribution is -2.59. The fraction of sp³-hybridized carbons (Fsp3) is 0.447. The normalized spacial score (nSPS) is 16.6. The fourth-order valence-electron chi connectivity index (χ4n) is 7.36. The van der Waals surface area contributed by atoms with Crippen molar-refractivity contribution >= 4 is 74.8 Å². The SMILES string of the molecule is Cc1ncsc1-c1ccc(CNC(=O)[C@H]2C[C@@H](O)CN2C(=O)[C@@H](NC(=O)C2(F)CC2)C(C)(C)C)c(OCC(=O)NCCCNCCCONC(=O)c2ccc(F)c(F)c2Nc2ccc(I)cc2F)c1. The molecule has 0 bridgehead atoms. The topological polar surface area (TPSA) is 212 Å². The van der Waals surface area contributed by atoms with Crippen LogP contribution in [0.3, 0.4) is 0 Å². The zero-order chi connectivity index (χ0) is 50.0. The van der Waals surface area contributed by atoms with Gasteiger partial charge in [-0.1, -0.05) is 32.9 Å². The van der Waals surface area contributed by atoms with Crippen molar-refractivity contribution in [1.82, 2.24) is 36.6 Å². The van der Waals surface area contributed by atoms with Crippen molar-refractivity contribution in [3.05, 3.63) is 91.9 Å². The van der Waals surface area contributed by atoms with Crippen LogP contribution in [0.2, 0.25) is 0 Å². The van der Waals surface area contributed by atoms with Crippen molar-refractivity contribution in [2.45, 2.75) is 90.2 Å². The van der Waals surface area contributed by atoms with Gasteiger partial charge in [0.1, 0.15) is 23.7 Å². The summed E-state index contributed by atoms with van der Waals surface area (Å²) in [4.78, 5) is 77.6. The lowest BCUT2D eigenvalue weighted by molar-refractivity contribution is -0.145. The number of ether oxygens (including phenoxy) is 1. The molecule has 1 saturated heterocycles. The van der Waals surface area contributed by atoms with Crippen LogP contribution in [-0.2, 0) is 30.6 Å². The molecule has 0 unspecified atom stereocenters. The molecule has 1 aliphatic heterocycles. The Morgan fingerprint density at radius 3 is 2.43 bits per heavy atom. The number of nitrogens with one attached hydrogen (secondary N) is 6. The number of alkyl halides is 1. The molecule has 1 aliphatic carbocycles. The molecule has 1 saturated carbocycles. The van der Waals surface area contributed by atoms with Gasteiger partial charge in [-0.05, 0) is 116 Å². The van der Waals surface area contributed by atoms with Gasteiger partial charge in [0.2, 0.25) is 11.8 Å².